The monoisotopic (exact) mass is 228 g/mol. The van der Waals surface area contributed by atoms with Crippen molar-refractivity contribution in [1.82, 2.24) is 0 Å². The Morgan fingerprint density at radius 2 is 1.93 bits per heavy atom. The smallest absolute Gasteiger partial charge is 0.0231 e. The lowest BCUT2D eigenvalue weighted by Gasteiger charge is -2.40. The highest BCUT2D eigenvalue weighted by Gasteiger charge is 2.32. The van der Waals surface area contributed by atoms with Gasteiger partial charge in [0.1, 0.15) is 0 Å². The molecule has 0 aromatic rings. The Hall–Kier alpha value is 0.430. The van der Waals surface area contributed by atoms with Crippen LogP contribution in [0.1, 0.15) is 72.1 Å². The molecule has 1 aliphatic carbocycles. The summed E-state index contributed by atoms with van der Waals surface area (Å²) in [6.45, 7) is 7.12. The molecule has 2 atom stereocenters. The molecule has 0 aliphatic heterocycles. The van der Waals surface area contributed by atoms with Gasteiger partial charge in [-0.15, -0.1) is 8.58 Å². The largest absolute Gasteiger partial charge is 0.119 e. The van der Waals surface area contributed by atoms with Gasteiger partial charge in [0.25, 0.3) is 0 Å². The van der Waals surface area contributed by atoms with Crippen molar-refractivity contribution in [3.05, 3.63) is 0 Å². The maximum absolute atomic E-state index is 2.40. The third kappa shape index (κ3) is 4.06. The van der Waals surface area contributed by atoms with Crippen molar-refractivity contribution >= 4 is 8.58 Å². The standard InChI is InChI=1S/C14H29P/c1-4-7-11-15-13-9-8-10-14(5-2,6-3)12-13/h13,15H,4-12H2,1-3H3. The molecule has 0 nitrogen and oxygen atoms in total. The Morgan fingerprint density at radius 1 is 1.20 bits per heavy atom. The first kappa shape index (κ1) is 13.5. The zero-order chi connectivity index (χ0) is 11.1. The van der Waals surface area contributed by atoms with Gasteiger partial charge in [-0.25, -0.2) is 0 Å². The minimum absolute atomic E-state index is 0.738. The molecule has 1 aliphatic rings. The van der Waals surface area contributed by atoms with Gasteiger partial charge >= 0.3 is 0 Å². The van der Waals surface area contributed by atoms with Crippen molar-refractivity contribution in [1.29, 1.82) is 0 Å². The van der Waals surface area contributed by atoms with Crippen molar-refractivity contribution in [3.8, 4) is 0 Å². The highest BCUT2D eigenvalue weighted by atomic mass is 31.1. The van der Waals surface area contributed by atoms with Crippen LogP contribution < -0.4 is 0 Å². The van der Waals surface area contributed by atoms with Crippen molar-refractivity contribution in [2.75, 3.05) is 6.16 Å². The van der Waals surface area contributed by atoms with Crippen LogP contribution in [0.4, 0.5) is 0 Å². The predicted molar refractivity (Wildman–Crippen MR) is 73.4 cm³/mol. The van der Waals surface area contributed by atoms with Crippen LogP contribution in [0.2, 0.25) is 0 Å². The van der Waals surface area contributed by atoms with E-state index in [1.165, 1.54) is 59.7 Å². The molecule has 1 fully saturated rings. The van der Waals surface area contributed by atoms with Crippen LogP contribution in [0.3, 0.4) is 0 Å². The second-order valence-electron chi connectivity index (χ2n) is 5.31. The zero-order valence-electron chi connectivity index (χ0n) is 10.9. The van der Waals surface area contributed by atoms with Crippen LogP contribution in [-0.2, 0) is 0 Å². The number of unbranched alkanes of at least 4 members (excludes halogenated alkanes) is 1. The van der Waals surface area contributed by atoms with Crippen molar-refractivity contribution in [2.24, 2.45) is 5.41 Å². The minimum atomic E-state index is 0.738. The van der Waals surface area contributed by atoms with E-state index in [0.29, 0.717) is 0 Å². The van der Waals surface area contributed by atoms with Gasteiger partial charge in [-0.05, 0) is 42.9 Å². The molecule has 0 heterocycles. The van der Waals surface area contributed by atoms with Crippen molar-refractivity contribution < 1.29 is 0 Å². The third-order valence-corrected chi connectivity index (χ3v) is 6.11. The SMILES string of the molecule is CCCCPC1CCCC(CC)(CC)C1. The summed E-state index contributed by atoms with van der Waals surface area (Å²) in [6, 6.07) is 0. The third-order valence-electron chi connectivity index (χ3n) is 4.40. The van der Waals surface area contributed by atoms with Crippen molar-refractivity contribution in [3.63, 3.8) is 0 Å². The van der Waals surface area contributed by atoms with E-state index in [0.717, 1.165) is 11.1 Å². The summed E-state index contributed by atoms with van der Waals surface area (Å²) in [5, 5.41) is 0. The van der Waals surface area contributed by atoms with E-state index in [2.05, 4.69) is 20.8 Å². The lowest BCUT2D eigenvalue weighted by molar-refractivity contribution is 0.177. The normalized spacial score (nSPS) is 26.2. The van der Waals surface area contributed by atoms with Gasteiger partial charge in [-0.3, -0.25) is 0 Å². The van der Waals surface area contributed by atoms with Gasteiger partial charge in [-0.1, -0.05) is 46.5 Å². The molecule has 2 unspecified atom stereocenters. The molecule has 0 spiro atoms. The van der Waals surface area contributed by atoms with E-state index < -0.39 is 0 Å². The molecule has 0 N–H and O–H groups in total. The number of rotatable bonds is 6. The van der Waals surface area contributed by atoms with Gasteiger partial charge in [0.05, 0.1) is 0 Å². The maximum Gasteiger partial charge on any atom is -0.0231 e. The summed E-state index contributed by atoms with van der Waals surface area (Å²) in [5.74, 6) is 0. The van der Waals surface area contributed by atoms with E-state index in [4.69, 9.17) is 0 Å². The average molecular weight is 228 g/mol. The first-order chi connectivity index (χ1) is 7.26. The summed E-state index contributed by atoms with van der Waals surface area (Å²) in [6.07, 6.45) is 13.3. The molecule has 1 rings (SSSR count). The second-order valence-corrected chi connectivity index (χ2v) is 7.03. The summed E-state index contributed by atoms with van der Waals surface area (Å²) in [4.78, 5) is 0. The maximum atomic E-state index is 2.40. The van der Waals surface area contributed by atoms with Gasteiger partial charge in [0.15, 0.2) is 0 Å². The van der Waals surface area contributed by atoms with Crippen LogP contribution >= 0.6 is 8.58 Å². The lowest BCUT2D eigenvalue weighted by Crippen LogP contribution is -2.28. The minimum Gasteiger partial charge on any atom is -0.119 e. The summed E-state index contributed by atoms with van der Waals surface area (Å²) < 4.78 is 0. The summed E-state index contributed by atoms with van der Waals surface area (Å²) in [7, 11) is 1.26. The fourth-order valence-electron chi connectivity index (χ4n) is 3.00. The van der Waals surface area contributed by atoms with E-state index >= 15 is 0 Å². The van der Waals surface area contributed by atoms with E-state index in [-0.39, 0.29) is 0 Å². The molecule has 0 bridgehead atoms. The highest BCUT2D eigenvalue weighted by Crippen LogP contribution is 2.47. The fraction of sp³-hybridized carbons (Fsp3) is 1.00. The summed E-state index contributed by atoms with van der Waals surface area (Å²) >= 11 is 0. The Balaban J connectivity index is 2.34. The number of hydrogen-bond acceptors (Lipinski definition) is 0. The molecule has 15 heavy (non-hydrogen) atoms. The van der Waals surface area contributed by atoms with E-state index in [1.54, 1.807) is 6.42 Å². The molecule has 90 valence electrons. The van der Waals surface area contributed by atoms with Gasteiger partial charge in [0.2, 0.25) is 0 Å². The molecule has 0 aromatic carbocycles. The predicted octanol–water partition coefficient (Wildman–Crippen LogP) is 5.21. The van der Waals surface area contributed by atoms with Crippen LogP contribution in [-0.4, -0.2) is 11.8 Å². The molecule has 0 amide bonds. The second kappa shape index (κ2) is 6.89. The Labute approximate surface area is 98.4 Å². The van der Waals surface area contributed by atoms with Gasteiger partial charge < -0.3 is 0 Å². The van der Waals surface area contributed by atoms with Crippen LogP contribution in [0, 0.1) is 5.41 Å². The van der Waals surface area contributed by atoms with Crippen LogP contribution in [0.5, 0.6) is 0 Å². The van der Waals surface area contributed by atoms with Gasteiger partial charge in [0, 0.05) is 0 Å². The molecular formula is C14H29P. The quantitative estimate of drug-likeness (QED) is 0.432. The Morgan fingerprint density at radius 3 is 2.53 bits per heavy atom. The summed E-state index contributed by atoms with van der Waals surface area (Å²) in [5.41, 5.74) is 1.83. The van der Waals surface area contributed by atoms with Crippen LogP contribution in [0.15, 0.2) is 0 Å². The molecule has 0 saturated heterocycles. The number of hydrogen-bond donors (Lipinski definition) is 0. The first-order valence-corrected chi connectivity index (χ1v) is 8.28. The average Bonchev–Trinajstić information content (AvgIpc) is 2.30. The topological polar surface area (TPSA) is 0 Å². The van der Waals surface area contributed by atoms with Crippen LogP contribution in [0.25, 0.3) is 0 Å². The Kier molecular flexibility index (Phi) is 6.20. The van der Waals surface area contributed by atoms with Crippen molar-refractivity contribution in [2.45, 2.75) is 77.8 Å². The molecule has 1 saturated carbocycles. The van der Waals surface area contributed by atoms with E-state index in [1.807, 2.05) is 0 Å². The highest BCUT2D eigenvalue weighted by molar-refractivity contribution is 7.38. The molecule has 1 heteroatoms. The van der Waals surface area contributed by atoms with Gasteiger partial charge in [-0.2, -0.15) is 0 Å². The fourth-order valence-corrected chi connectivity index (χ4v) is 4.95. The molecular weight excluding hydrogens is 199 g/mol. The first-order valence-electron chi connectivity index (χ1n) is 6.99. The Bertz CT molecular complexity index is 161. The molecule has 0 aromatic heterocycles. The zero-order valence-corrected chi connectivity index (χ0v) is 11.9. The lowest BCUT2D eigenvalue weighted by atomic mass is 9.70. The molecule has 0 radical (unpaired) electrons. The van der Waals surface area contributed by atoms with E-state index in [9.17, 15) is 0 Å².